The van der Waals surface area contributed by atoms with Crippen LogP contribution in [-0.2, 0) is 17.8 Å². The minimum absolute atomic E-state index is 0. The maximum atomic E-state index is 12.1. The summed E-state index contributed by atoms with van der Waals surface area (Å²) in [6.07, 6.45) is 1.17. The quantitative estimate of drug-likeness (QED) is 0.782. The number of carbonyl (C=O) groups excluding carboxylic acids is 1. The van der Waals surface area contributed by atoms with Crippen molar-refractivity contribution < 1.29 is 4.79 Å². The zero-order chi connectivity index (χ0) is 14.5. The molecule has 114 valence electrons. The summed E-state index contributed by atoms with van der Waals surface area (Å²) in [5.74, 6) is 0.137. The number of nitrogens with two attached hydrogens (primary N) is 1. The van der Waals surface area contributed by atoms with Crippen LogP contribution in [0.4, 0.5) is 5.69 Å². The second-order valence-corrected chi connectivity index (χ2v) is 7.20. The van der Waals surface area contributed by atoms with Gasteiger partial charge in [-0.05, 0) is 46.1 Å². The number of aryl methyl sites for hydroxylation is 1. The number of nitrogens with zero attached hydrogens (tertiary/aromatic N) is 1. The van der Waals surface area contributed by atoms with Gasteiger partial charge in [-0.25, -0.2) is 0 Å². The van der Waals surface area contributed by atoms with E-state index >= 15 is 0 Å². The molecular formula is C15H18BrClN2OS. The number of nitrogen functional groups attached to an aromatic ring is 1. The van der Waals surface area contributed by atoms with Crippen molar-refractivity contribution in [1.82, 2.24) is 4.90 Å². The van der Waals surface area contributed by atoms with E-state index in [1.807, 2.05) is 43.4 Å². The monoisotopic (exact) mass is 388 g/mol. The Hall–Kier alpha value is -1.04. The van der Waals surface area contributed by atoms with Crippen LogP contribution in [-0.4, -0.2) is 17.9 Å². The van der Waals surface area contributed by atoms with Gasteiger partial charge in [-0.1, -0.05) is 18.2 Å². The zero-order valence-corrected chi connectivity index (χ0v) is 14.9. The van der Waals surface area contributed by atoms with E-state index in [4.69, 9.17) is 5.73 Å². The van der Waals surface area contributed by atoms with Crippen molar-refractivity contribution in [1.29, 1.82) is 0 Å². The molecule has 0 atom stereocenters. The Bertz CT molecular complexity index is 603. The fourth-order valence-corrected chi connectivity index (χ4v) is 3.49. The van der Waals surface area contributed by atoms with Gasteiger partial charge in [0.1, 0.15) is 0 Å². The molecule has 2 aromatic rings. The van der Waals surface area contributed by atoms with Gasteiger partial charge in [0.25, 0.3) is 0 Å². The topological polar surface area (TPSA) is 46.3 Å². The molecule has 0 radical (unpaired) electrons. The highest BCUT2D eigenvalue weighted by molar-refractivity contribution is 9.11. The lowest BCUT2D eigenvalue weighted by Gasteiger charge is -2.16. The van der Waals surface area contributed by atoms with Crippen molar-refractivity contribution in [2.45, 2.75) is 19.4 Å². The number of hydrogen-bond donors (Lipinski definition) is 1. The minimum Gasteiger partial charge on any atom is -0.399 e. The Morgan fingerprint density at radius 1 is 1.29 bits per heavy atom. The van der Waals surface area contributed by atoms with Crippen LogP contribution >= 0.6 is 39.7 Å². The fourth-order valence-electron chi connectivity index (χ4n) is 1.95. The second-order valence-electron chi connectivity index (χ2n) is 4.65. The van der Waals surface area contributed by atoms with E-state index in [0.29, 0.717) is 19.4 Å². The van der Waals surface area contributed by atoms with Crippen LogP contribution in [0.3, 0.4) is 0 Å². The van der Waals surface area contributed by atoms with Crippen molar-refractivity contribution in [2.24, 2.45) is 0 Å². The molecule has 1 heterocycles. The molecule has 0 fully saturated rings. The molecule has 0 aliphatic carbocycles. The summed E-state index contributed by atoms with van der Waals surface area (Å²) in [5, 5.41) is 0. The number of carbonyl (C=O) groups is 1. The summed E-state index contributed by atoms with van der Waals surface area (Å²) in [6, 6.07) is 11.7. The first-order valence-electron chi connectivity index (χ1n) is 6.38. The Balaban J connectivity index is 0.00000220. The number of para-hydroxylation sites is 1. The summed E-state index contributed by atoms with van der Waals surface area (Å²) in [6.45, 7) is 0.652. The Labute approximate surface area is 143 Å². The van der Waals surface area contributed by atoms with Gasteiger partial charge in [0, 0.05) is 24.0 Å². The normalized spacial score (nSPS) is 10.0. The smallest absolute Gasteiger partial charge is 0.222 e. The zero-order valence-electron chi connectivity index (χ0n) is 11.7. The number of anilines is 1. The van der Waals surface area contributed by atoms with Crippen molar-refractivity contribution in [3.05, 3.63) is 50.6 Å². The van der Waals surface area contributed by atoms with Crippen molar-refractivity contribution >= 4 is 51.3 Å². The first-order chi connectivity index (χ1) is 9.56. The number of hydrogen-bond acceptors (Lipinski definition) is 3. The molecule has 0 saturated heterocycles. The Kier molecular flexibility index (Phi) is 7.22. The van der Waals surface area contributed by atoms with Gasteiger partial charge in [0.2, 0.25) is 5.91 Å². The first-order valence-corrected chi connectivity index (χ1v) is 7.99. The van der Waals surface area contributed by atoms with Crippen LogP contribution in [0.5, 0.6) is 0 Å². The Morgan fingerprint density at radius 2 is 2.00 bits per heavy atom. The molecule has 1 aromatic heterocycles. The molecule has 0 bridgehead atoms. The fraction of sp³-hybridized carbons (Fsp3) is 0.267. The number of halogens is 2. The third-order valence-corrected chi connectivity index (χ3v) is 4.72. The van der Waals surface area contributed by atoms with Gasteiger partial charge in [0.15, 0.2) is 0 Å². The summed E-state index contributed by atoms with van der Waals surface area (Å²) >= 11 is 5.08. The molecule has 6 heteroatoms. The molecule has 0 unspecified atom stereocenters. The maximum absolute atomic E-state index is 12.1. The third-order valence-electron chi connectivity index (χ3n) is 3.11. The van der Waals surface area contributed by atoms with E-state index in [-0.39, 0.29) is 18.3 Å². The van der Waals surface area contributed by atoms with Gasteiger partial charge >= 0.3 is 0 Å². The summed E-state index contributed by atoms with van der Waals surface area (Å²) in [4.78, 5) is 15.1. The third kappa shape index (κ3) is 5.34. The second kappa shape index (κ2) is 8.41. The summed E-state index contributed by atoms with van der Waals surface area (Å²) in [5.41, 5.74) is 7.67. The van der Waals surface area contributed by atoms with E-state index in [2.05, 4.69) is 15.9 Å². The van der Waals surface area contributed by atoms with E-state index < -0.39 is 0 Å². The lowest BCUT2D eigenvalue weighted by atomic mass is 10.1. The minimum atomic E-state index is 0. The molecule has 3 nitrogen and oxygen atoms in total. The highest BCUT2D eigenvalue weighted by Gasteiger charge is 2.11. The summed E-state index contributed by atoms with van der Waals surface area (Å²) < 4.78 is 1.09. The number of rotatable bonds is 5. The molecule has 2 rings (SSSR count). The highest BCUT2D eigenvalue weighted by atomic mass is 79.9. The van der Waals surface area contributed by atoms with Crippen LogP contribution in [0, 0.1) is 0 Å². The number of thiophene rings is 1. The lowest BCUT2D eigenvalue weighted by molar-refractivity contribution is -0.130. The van der Waals surface area contributed by atoms with Crippen molar-refractivity contribution in [2.75, 3.05) is 12.8 Å². The van der Waals surface area contributed by atoms with E-state index in [0.717, 1.165) is 15.0 Å². The molecule has 2 N–H and O–H groups in total. The van der Waals surface area contributed by atoms with Gasteiger partial charge in [-0.2, -0.15) is 0 Å². The van der Waals surface area contributed by atoms with E-state index in [1.165, 1.54) is 4.88 Å². The average Bonchev–Trinajstić information content (AvgIpc) is 2.82. The van der Waals surface area contributed by atoms with Gasteiger partial charge < -0.3 is 10.6 Å². The largest absolute Gasteiger partial charge is 0.399 e. The predicted molar refractivity (Wildman–Crippen MR) is 94.9 cm³/mol. The maximum Gasteiger partial charge on any atom is 0.222 e. The molecule has 1 aromatic carbocycles. The molecule has 0 saturated carbocycles. The predicted octanol–water partition coefficient (Wildman–Crippen LogP) is 4.11. The van der Waals surface area contributed by atoms with Crippen molar-refractivity contribution in [3.63, 3.8) is 0 Å². The van der Waals surface area contributed by atoms with Gasteiger partial charge in [0.05, 0.1) is 10.3 Å². The van der Waals surface area contributed by atoms with Crippen LogP contribution in [0.25, 0.3) is 0 Å². The van der Waals surface area contributed by atoms with Crippen LogP contribution < -0.4 is 5.73 Å². The van der Waals surface area contributed by atoms with Crippen LogP contribution in [0.15, 0.2) is 40.2 Å². The first kappa shape index (κ1) is 18.0. The van der Waals surface area contributed by atoms with Gasteiger partial charge in [-0.3, -0.25) is 4.79 Å². The molecule has 0 spiro atoms. The van der Waals surface area contributed by atoms with Crippen LogP contribution in [0.1, 0.15) is 16.9 Å². The molecule has 0 aliphatic rings. The molecule has 0 aliphatic heterocycles. The lowest BCUT2D eigenvalue weighted by Crippen LogP contribution is -2.26. The van der Waals surface area contributed by atoms with E-state index in [9.17, 15) is 4.79 Å². The molecule has 1 amide bonds. The molecular weight excluding hydrogens is 372 g/mol. The molecule has 21 heavy (non-hydrogen) atoms. The number of benzene rings is 1. The van der Waals surface area contributed by atoms with E-state index in [1.54, 1.807) is 16.2 Å². The number of amides is 1. The SMILES string of the molecule is CN(Cc1ccc(Br)s1)C(=O)CCc1ccccc1N.Cl. The highest BCUT2D eigenvalue weighted by Crippen LogP contribution is 2.23. The van der Waals surface area contributed by atoms with Gasteiger partial charge in [-0.15, -0.1) is 23.7 Å². The Morgan fingerprint density at radius 3 is 2.62 bits per heavy atom. The standard InChI is InChI=1S/C15H17BrN2OS.ClH/c1-18(10-12-7-8-14(16)20-12)15(19)9-6-11-4-2-3-5-13(11)17;/h2-5,7-8H,6,9-10,17H2,1H3;1H. The average molecular weight is 390 g/mol. The summed E-state index contributed by atoms with van der Waals surface area (Å²) in [7, 11) is 1.84. The van der Waals surface area contributed by atoms with Crippen molar-refractivity contribution in [3.8, 4) is 0 Å². The van der Waals surface area contributed by atoms with Crippen LogP contribution in [0.2, 0.25) is 0 Å².